The van der Waals surface area contributed by atoms with E-state index in [1.807, 2.05) is 13.8 Å². The molecule has 106 valence electrons. The highest BCUT2D eigenvalue weighted by atomic mass is 35.5. The summed E-state index contributed by atoms with van der Waals surface area (Å²) in [5.41, 5.74) is 6.89. The van der Waals surface area contributed by atoms with Crippen LogP contribution in [-0.4, -0.2) is 29.7 Å². The quantitative estimate of drug-likeness (QED) is 0.577. The molecular weight excluding hydrogens is 266 g/mol. The second-order valence-corrected chi connectivity index (χ2v) is 5.15. The molecule has 0 spiro atoms. The normalized spacial score (nSPS) is 12.4. The van der Waals surface area contributed by atoms with Gasteiger partial charge in [-0.25, -0.2) is 0 Å². The summed E-state index contributed by atoms with van der Waals surface area (Å²) in [4.78, 5) is 10.9. The number of hydrogen-bond donors (Lipinski definition) is 4. The molecule has 0 aromatic heterocycles. The van der Waals surface area contributed by atoms with E-state index in [1.54, 1.807) is 18.2 Å². The fourth-order valence-corrected chi connectivity index (χ4v) is 1.80. The number of nitrogen functional groups attached to an aromatic ring is 1. The lowest BCUT2D eigenvalue weighted by molar-refractivity contribution is -0.137. The van der Waals surface area contributed by atoms with E-state index >= 15 is 0 Å². The predicted octanol–water partition coefficient (Wildman–Crippen LogP) is 2.18. The maximum absolute atomic E-state index is 10.9. The highest BCUT2D eigenvalue weighted by Gasteiger charge is 2.13. The van der Waals surface area contributed by atoms with Gasteiger partial charge in [-0.05, 0) is 18.2 Å². The highest BCUT2D eigenvalue weighted by molar-refractivity contribution is 6.33. The molecule has 0 fully saturated rings. The standard InChI is InChI=1S/C13H20ClN3O2/c1-8(2)16-7-10(6-13(18)19)17-9-3-4-12(15)11(14)5-9/h3-5,8,10,16-17H,6-7,15H2,1-2H3,(H,18,19)/t10-/m0/s1. The minimum Gasteiger partial charge on any atom is -0.481 e. The van der Waals surface area contributed by atoms with Crippen molar-refractivity contribution in [1.29, 1.82) is 0 Å². The number of halogens is 1. The molecule has 0 aliphatic heterocycles. The van der Waals surface area contributed by atoms with Gasteiger partial charge in [0.2, 0.25) is 0 Å². The van der Waals surface area contributed by atoms with Gasteiger partial charge in [-0.15, -0.1) is 0 Å². The van der Waals surface area contributed by atoms with Crippen molar-refractivity contribution in [3.8, 4) is 0 Å². The molecule has 5 nitrogen and oxygen atoms in total. The number of benzene rings is 1. The van der Waals surface area contributed by atoms with Crippen LogP contribution in [0.4, 0.5) is 11.4 Å². The minimum atomic E-state index is -0.843. The van der Waals surface area contributed by atoms with Gasteiger partial charge in [0.25, 0.3) is 0 Å². The Kier molecular flexibility index (Phi) is 5.92. The molecule has 0 saturated heterocycles. The Morgan fingerprint density at radius 3 is 2.68 bits per heavy atom. The lowest BCUT2D eigenvalue weighted by Gasteiger charge is -2.20. The van der Waals surface area contributed by atoms with Crippen molar-refractivity contribution in [2.45, 2.75) is 32.4 Å². The summed E-state index contributed by atoms with van der Waals surface area (Å²) in [6.07, 6.45) is 0.0295. The molecule has 0 aliphatic rings. The first-order chi connectivity index (χ1) is 8.88. The number of carboxylic acid groups (broad SMARTS) is 1. The molecule has 1 rings (SSSR count). The Morgan fingerprint density at radius 2 is 2.16 bits per heavy atom. The van der Waals surface area contributed by atoms with E-state index in [-0.39, 0.29) is 12.5 Å². The van der Waals surface area contributed by atoms with Crippen molar-refractivity contribution in [1.82, 2.24) is 5.32 Å². The van der Waals surface area contributed by atoms with Gasteiger partial charge in [0, 0.05) is 24.3 Å². The molecule has 0 unspecified atom stereocenters. The Labute approximate surface area is 118 Å². The van der Waals surface area contributed by atoms with Gasteiger partial charge < -0.3 is 21.5 Å². The number of nitrogens with one attached hydrogen (secondary N) is 2. The lowest BCUT2D eigenvalue weighted by Crippen LogP contribution is -2.37. The van der Waals surface area contributed by atoms with Crippen LogP contribution in [0.15, 0.2) is 18.2 Å². The summed E-state index contributed by atoms with van der Waals surface area (Å²) in [7, 11) is 0. The van der Waals surface area contributed by atoms with Crippen LogP contribution in [0.3, 0.4) is 0 Å². The summed E-state index contributed by atoms with van der Waals surface area (Å²) < 4.78 is 0. The molecule has 6 heteroatoms. The number of carbonyl (C=O) groups is 1. The number of rotatable bonds is 7. The van der Waals surface area contributed by atoms with Gasteiger partial charge in [0.15, 0.2) is 0 Å². The monoisotopic (exact) mass is 285 g/mol. The summed E-state index contributed by atoms with van der Waals surface area (Å²) in [6.45, 7) is 4.59. The highest BCUT2D eigenvalue weighted by Crippen LogP contribution is 2.23. The molecule has 0 aliphatic carbocycles. The lowest BCUT2D eigenvalue weighted by atomic mass is 10.1. The van der Waals surface area contributed by atoms with E-state index in [2.05, 4.69) is 10.6 Å². The third-order valence-electron chi connectivity index (χ3n) is 2.56. The Balaban J connectivity index is 2.69. The van der Waals surface area contributed by atoms with Crippen LogP contribution in [-0.2, 0) is 4.79 Å². The molecule has 19 heavy (non-hydrogen) atoms. The van der Waals surface area contributed by atoms with Crippen LogP contribution in [0, 0.1) is 0 Å². The summed E-state index contributed by atoms with van der Waals surface area (Å²) in [5, 5.41) is 15.7. The molecular formula is C13H20ClN3O2. The molecule has 0 amide bonds. The third-order valence-corrected chi connectivity index (χ3v) is 2.89. The zero-order valence-corrected chi connectivity index (χ0v) is 11.9. The van der Waals surface area contributed by atoms with Gasteiger partial charge in [-0.1, -0.05) is 25.4 Å². The smallest absolute Gasteiger partial charge is 0.305 e. The van der Waals surface area contributed by atoms with Crippen molar-refractivity contribution in [2.75, 3.05) is 17.6 Å². The van der Waals surface area contributed by atoms with Gasteiger partial charge in [0.05, 0.1) is 17.1 Å². The van der Waals surface area contributed by atoms with E-state index in [0.29, 0.717) is 23.3 Å². The average Bonchev–Trinajstić information content (AvgIpc) is 2.30. The van der Waals surface area contributed by atoms with Crippen molar-refractivity contribution in [2.24, 2.45) is 0 Å². The van der Waals surface area contributed by atoms with E-state index in [1.165, 1.54) is 0 Å². The van der Waals surface area contributed by atoms with Gasteiger partial charge in [-0.2, -0.15) is 0 Å². The van der Waals surface area contributed by atoms with E-state index in [9.17, 15) is 4.79 Å². The molecule has 0 saturated carbocycles. The number of carboxylic acids is 1. The largest absolute Gasteiger partial charge is 0.481 e. The maximum Gasteiger partial charge on any atom is 0.305 e. The fraction of sp³-hybridized carbons (Fsp3) is 0.462. The molecule has 5 N–H and O–H groups in total. The van der Waals surface area contributed by atoms with Crippen LogP contribution < -0.4 is 16.4 Å². The Morgan fingerprint density at radius 1 is 1.47 bits per heavy atom. The van der Waals surface area contributed by atoms with E-state index in [4.69, 9.17) is 22.4 Å². The Bertz CT molecular complexity index is 438. The van der Waals surface area contributed by atoms with Crippen LogP contribution in [0.25, 0.3) is 0 Å². The first-order valence-electron chi connectivity index (χ1n) is 6.15. The number of nitrogens with two attached hydrogens (primary N) is 1. The maximum atomic E-state index is 10.9. The van der Waals surface area contributed by atoms with Crippen molar-refractivity contribution in [3.05, 3.63) is 23.2 Å². The topological polar surface area (TPSA) is 87.4 Å². The predicted molar refractivity (Wildman–Crippen MR) is 78.7 cm³/mol. The van der Waals surface area contributed by atoms with Gasteiger partial charge in [-0.3, -0.25) is 4.79 Å². The first kappa shape index (κ1) is 15.6. The van der Waals surface area contributed by atoms with Crippen molar-refractivity contribution >= 4 is 28.9 Å². The fourth-order valence-electron chi connectivity index (χ4n) is 1.62. The van der Waals surface area contributed by atoms with E-state index < -0.39 is 5.97 Å². The van der Waals surface area contributed by atoms with E-state index in [0.717, 1.165) is 5.69 Å². The third kappa shape index (κ3) is 5.81. The van der Waals surface area contributed by atoms with Crippen molar-refractivity contribution < 1.29 is 9.90 Å². The number of anilines is 2. The summed E-state index contributed by atoms with van der Waals surface area (Å²) in [5.74, 6) is -0.843. The molecule has 0 bridgehead atoms. The minimum absolute atomic E-state index is 0.0295. The van der Waals surface area contributed by atoms with Gasteiger partial charge >= 0.3 is 5.97 Å². The molecule has 0 heterocycles. The second kappa shape index (κ2) is 7.21. The zero-order chi connectivity index (χ0) is 14.4. The zero-order valence-electron chi connectivity index (χ0n) is 11.1. The summed E-state index contributed by atoms with van der Waals surface area (Å²) >= 11 is 5.93. The SMILES string of the molecule is CC(C)NC[C@H](CC(=O)O)Nc1ccc(N)c(Cl)c1. The molecule has 1 aromatic rings. The second-order valence-electron chi connectivity index (χ2n) is 4.74. The van der Waals surface area contributed by atoms with Crippen molar-refractivity contribution in [3.63, 3.8) is 0 Å². The first-order valence-corrected chi connectivity index (χ1v) is 6.53. The number of hydrogen-bond acceptors (Lipinski definition) is 4. The number of aliphatic carboxylic acids is 1. The molecule has 0 radical (unpaired) electrons. The van der Waals surface area contributed by atoms with Crippen LogP contribution in [0.1, 0.15) is 20.3 Å². The van der Waals surface area contributed by atoms with Crippen LogP contribution in [0.5, 0.6) is 0 Å². The van der Waals surface area contributed by atoms with Gasteiger partial charge in [0.1, 0.15) is 0 Å². The molecule has 1 atom stereocenters. The Hall–Kier alpha value is -1.46. The molecule has 1 aromatic carbocycles. The average molecular weight is 286 g/mol. The van der Waals surface area contributed by atoms with Crippen LogP contribution in [0.2, 0.25) is 5.02 Å². The van der Waals surface area contributed by atoms with Crippen LogP contribution >= 0.6 is 11.6 Å². The summed E-state index contributed by atoms with van der Waals surface area (Å²) in [6, 6.07) is 5.26.